The lowest BCUT2D eigenvalue weighted by Gasteiger charge is -2.07. The van der Waals surface area contributed by atoms with Crippen molar-refractivity contribution in [1.82, 2.24) is 10.2 Å². The van der Waals surface area contributed by atoms with Crippen LogP contribution in [-0.4, -0.2) is 22.2 Å². The Morgan fingerprint density at radius 2 is 2.26 bits per heavy atom. The number of nitro benzene ring substituents is 1. The molecule has 0 amide bonds. The van der Waals surface area contributed by atoms with Gasteiger partial charge in [0.15, 0.2) is 5.01 Å². The molecule has 100 valence electrons. The topological polar surface area (TPSA) is 90.2 Å². The first-order valence-electron chi connectivity index (χ1n) is 5.48. The van der Waals surface area contributed by atoms with Gasteiger partial charge in [-0.3, -0.25) is 10.1 Å². The van der Waals surface area contributed by atoms with Crippen LogP contribution in [0.4, 0.5) is 10.8 Å². The van der Waals surface area contributed by atoms with Crippen LogP contribution in [-0.2, 0) is 6.61 Å². The van der Waals surface area contributed by atoms with Gasteiger partial charge in [0.05, 0.1) is 10.5 Å². The number of benzene rings is 1. The predicted octanol–water partition coefficient (Wildman–Crippen LogP) is 2.38. The van der Waals surface area contributed by atoms with Crippen LogP contribution >= 0.6 is 11.3 Å². The van der Waals surface area contributed by atoms with Gasteiger partial charge in [-0.1, -0.05) is 17.4 Å². The zero-order chi connectivity index (χ0) is 13.8. The molecule has 0 saturated heterocycles. The number of hydrogen-bond donors (Lipinski definition) is 1. The average Bonchev–Trinajstić information content (AvgIpc) is 2.85. The molecule has 7 nitrogen and oxygen atoms in total. The Labute approximate surface area is 113 Å². The van der Waals surface area contributed by atoms with Crippen molar-refractivity contribution in [1.29, 1.82) is 0 Å². The highest BCUT2D eigenvalue weighted by Gasteiger charge is 2.14. The Morgan fingerprint density at radius 1 is 1.47 bits per heavy atom. The Morgan fingerprint density at radius 3 is 2.89 bits per heavy atom. The molecule has 8 heteroatoms. The standard InChI is InChI=1S/C11H12N4O3S/c1-7-8(15(16)17)4-3-5-9(7)18-6-10-13-14-11(12-2)19-10/h3-5H,6H2,1-2H3,(H,12,14). The summed E-state index contributed by atoms with van der Waals surface area (Å²) in [4.78, 5) is 10.4. The second-order valence-electron chi connectivity index (χ2n) is 3.70. The van der Waals surface area contributed by atoms with E-state index >= 15 is 0 Å². The Hall–Kier alpha value is -2.22. The summed E-state index contributed by atoms with van der Waals surface area (Å²) in [5, 5.41) is 22.9. The van der Waals surface area contributed by atoms with E-state index in [0.29, 0.717) is 21.5 Å². The molecule has 0 atom stereocenters. The lowest BCUT2D eigenvalue weighted by Crippen LogP contribution is -1.99. The number of ether oxygens (including phenoxy) is 1. The molecule has 19 heavy (non-hydrogen) atoms. The number of nitro groups is 1. The van der Waals surface area contributed by atoms with E-state index < -0.39 is 4.92 Å². The van der Waals surface area contributed by atoms with Crippen LogP contribution in [0.15, 0.2) is 18.2 Å². The van der Waals surface area contributed by atoms with Crippen molar-refractivity contribution in [3.8, 4) is 5.75 Å². The van der Waals surface area contributed by atoms with Crippen molar-refractivity contribution >= 4 is 22.2 Å². The summed E-state index contributed by atoms with van der Waals surface area (Å²) in [6.45, 7) is 1.90. The molecule has 0 spiro atoms. The van der Waals surface area contributed by atoms with E-state index in [1.54, 1.807) is 26.1 Å². The van der Waals surface area contributed by atoms with Gasteiger partial charge in [0.2, 0.25) is 5.13 Å². The highest BCUT2D eigenvalue weighted by molar-refractivity contribution is 7.15. The minimum Gasteiger partial charge on any atom is -0.486 e. The van der Waals surface area contributed by atoms with Crippen molar-refractivity contribution in [2.24, 2.45) is 0 Å². The SMILES string of the molecule is CNc1nnc(COc2cccc([N+](=O)[O-])c2C)s1. The molecule has 0 saturated carbocycles. The highest BCUT2D eigenvalue weighted by atomic mass is 32.1. The van der Waals surface area contributed by atoms with Gasteiger partial charge in [-0.15, -0.1) is 10.2 Å². The molecule has 0 aliphatic heterocycles. The third-order valence-electron chi connectivity index (χ3n) is 2.48. The van der Waals surface area contributed by atoms with Gasteiger partial charge in [-0.2, -0.15) is 0 Å². The van der Waals surface area contributed by atoms with Gasteiger partial charge in [0, 0.05) is 13.1 Å². The summed E-state index contributed by atoms with van der Waals surface area (Å²) in [5.74, 6) is 0.482. The number of aromatic nitrogens is 2. The first-order valence-corrected chi connectivity index (χ1v) is 6.30. The van der Waals surface area contributed by atoms with Crippen molar-refractivity contribution in [2.45, 2.75) is 13.5 Å². The van der Waals surface area contributed by atoms with Crippen molar-refractivity contribution < 1.29 is 9.66 Å². The monoisotopic (exact) mass is 280 g/mol. The van der Waals surface area contributed by atoms with Crippen LogP contribution in [0, 0.1) is 17.0 Å². The van der Waals surface area contributed by atoms with E-state index in [2.05, 4.69) is 15.5 Å². The summed E-state index contributed by atoms with van der Waals surface area (Å²) < 4.78 is 5.55. The second kappa shape index (κ2) is 5.61. The number of anilines is 1. The molecule has 1 aromatic carbocycles. The predicted molar refractivity (Wildman–Crippen MR) is 71.6 cm³/mol. The molecule has 2 rings (SSSR count). The van der Waals surface area contributed by atoms with Crippen LogP contribution in [0.1, 0.15) is 10.6 Å². The van der Waals surface area contributed by atoms with Gasteiger partial charge in [-0.25, -0.2) is 0 Å². The molecule has 1 aromatic heterocycles. The van der Waals surface area contributed by atoms with Crippen LogP contribution in [0.5, 0.6) is 5.75 Å². The van der Waals surface area contributed by atoms with Crippen LogP contribution in [0.2, 0.25) is 0 Å². The van der Waals surface area contributed by atoms with Crippen molar-refractivity contribution in [2.75, 3.05) is 12.4 Å². The minimum absolute atomic E-state index is 0.0469. The Balaban J connectivity index is 2.11. The van der Waals surface area contributed by atoms with Gasteiger partial charge in [0.1, 0.15) is 12.4 Å². The third kappa shape index (κ3) is 2.97. The van der Waals surface area contributed by atoms with E-state index in [-0.39, 0.29) is 12.3 Å². The summed E-state index contributed by atoms with van der Waals surface area (Å²) >= 11 is 1.38. The Bertz CT molecular complexity index is 599. The van der Waals surface area contributed by atoms with Crippen molar-refractivity contribution in [3.05, 3.63) is 38.9 Å². The Kier molecular flexibility index (Phi) is 3.91. The van der Waals surface area contributed by atoms with Crippen LogP contribution in [0.3, 0.4) is 0 Å². The molecular weight excluding hydrogens is 268 g/mol. The first kappa shape index (κ1) is 13.2. The zero-order valence-corrected chi connectivity index (χ0v) is 11.2. The van der Waals surface area contributed by atoms with E-state index in [1.165, 1.54) is 17.4 Å². The molecule has 0 aliphatic carbocycles. The van der Waals surface area contributed by atoms with E-state index in [4.69, 9.17) is 4.74 Å². The molecule has 0 aliphatic rings. The number of hydrogen-bond acceptors (Lipinski definition) is 7. The zero-order valence-electron chi connectivity index (χ0n) is 10.4. The molecule has 0 unspecified atom stereocenters. The lowest BCUT2D eigenvalue weighted by molar-refractivity contribution is -0.385. The van der Waals surface area contributed by atoms with Gasteiger partial charge >= 0.3 is 0 Å². The summed E-state index contributed by atoms with van der Waals surface area (Å²) in [7, 11) is 1.76. The molecule has 1 heterocycles. The van der Waals surface area contributed by atoms with Crippen molar-refractivity contribution in [3.63, 3.8) is 0 Å². The van der Waals surface area contributed by atoms with E-state index in [9.17, 15) is 10.1 Å². The second-order valence-corrected chi connectivity index (χ2v) is 4.76. The quantitative estimate of drug-likeness (QED) is 0.668. The molecule has 0 radical (unpaired) electrons. The fourth-order valence-corrected chi connectivity index (χ4v) is 2.12. The van der Waals surface area contributed by atoms with E-state index in [1.807, 2.05) is 0 Å². The third-order valence-corrected chi connectivity index (χ3v) is 3.40. The molecule has 2 aromatic rings. The average molecular weight is 280 g/mol. The largest absolute Gasteiger partial charge is 0.486 e. The normalized spacial score (nSPS) is 10.2. The molecule has 0 bridgehead atoms. The van der Waals surface area contributed by atoms with E-state index in [0.717, 1.165) is 0 Å². The summed E-state index contributed by atoms with van der Waals surface area (Å²) in [6.07, 6.45) is 0. The first-order chi connectivity index (χ1) is 9.11. The van der Waals surface area contributed by atoms with Crippen LogP contribution in [0.25, 0.3) is 0 Å². The van der Waals surface area contributed by atoms with Crippen LogP contribution < -0.4 is 10.1 Å². The maximum absolute atomic E-state index is 10.8. The van der Waals surface area contributed by atoms with Gasteiger partial charge in [0.25, 0.3) is 5.69 Å². The highest BCUT2D eigenvalue weighted by Crippen LogP contribution is 2.28. The maximum Gasteiger partial charge on any atom is 0.276 e. The summed E-state index contributed by atoms with van der Waals surface area (Å²) in [6, 6.07) is 4.74. The molecule has 1 N–H and O–H groups in total. The minimum atomic E-state index is -0.424. The maximum atomic E-state index is 10.8. The smallest absolute Gasteiger partial charge is 0.276 e. The summed E-state index contributed by atoms with van der Waals surface area (Å²) in [5.41, 5.74) is 0.552. The van der Waals surface area contributed by atoms with Gasteiger partial charge < -0.3 is 10.1 Å². The number of nitrogens with one attached hydrogen (secondary N) is 1. The number of rotatable bonds is 5. The fraction of sp³-hybridized carbons (Fsp3) is 0.273. The lowest BCUT2D eigenvalue weighted by atomic mass is 10.2. The fourth-order valence-electron chi connectivity index (χ4n) is 1.51. The molecular formula is C11H12N4O3S. The number of nitrogens with zero attached hydrogens (tertiary/aromatic N) is 3. The van der Waals surface area contributed by atoms with Gasteiger partial charge in [-0.05, 0) is 13.0 Å². The molecule has 0 fully saturated rings.